The van der Waals surface area contributed by atoms with Crippen LogP contribution in [-0.4, -0.2) is 31.3 Å². The SMILES string of the molecule is Clc1ccc(NCc2ccc(N3CCOCC3)cc2)cn1. The summed E-state index contributed by atoms with van der Waals surface area (Å²) in [6, 6.07) is 12.4. The zero-order valence-electron chi connectivity index (χ0n) is 11.8. The maximum Gasteiger partial charge on any atom is 0.129 e. The van der Waals surface area contributed by atoms with Crippen LogP contribution >= 0.6 is 11.6 Å². The Labute approximate surface area is 129 Å². The van der Waals surface area contributed by atoms with Gasteiger partial charge in [0.1, 0.15) is 5.15 Å². The lowest BCUT2D eigenvalue weighted by Crippen LogP contribution is -2.36. The van der Waals surface area contributed by atoms with Gasteiger partial charge in [0.25, 0.3) is 0 Å². The van der Waals surface area contributed by atoms with Crippen molar-refractivity contribution in [1.82, 2.24) is 4.98 Å². The molecule has 1 saturated heterocycles. The number of halogens is 1. The topological polar surface area (TPSA) is 37.4 Å². The molecule has 3 rings (SSSR count). The van der Waals surface area contributed by atoms with E-state index in [4.69, 9.17) is 16.3 Å². The number of anilines is 2. The van der Waals surface area contributed by atoms with E-state index >= 15 is 0 Å². The molecule has 0 unspecified atom stereocenters. The molecule has 1 aliphatic heterocycles. The maximum absolute atomic E-state index is 5.77. The van der Waals surface area contributed by atoms with Gasteiger partial charge in [0, 0.05) is 25.3 Å². The Morgan fingerprint density at radius 3 is 2.52 bits per heavy atom. The molecule has 0 bridgehead atoms. The molecule has 0 amide bonds. The average molecular weight is 304 g/mol. The van der Waals surface area contributed by atoms with Crippen LogP contribution in [0, 0.1) is 0 Å². The molecule has 0 aliphatic carbocycles. The second kappa shape index (κ2) is 6.78. The van der Waals surface area contributed by atoms with E-state index in [0.29, 0.717) is 5.15 Å². The predicted octanol–water partition coefficient (Wildman–Crippen LogP) is 3.18. The summed E-state index contributed by atoms with van der Waals surface area (Å²) in [5.74, 6) is 0. The summed E-state index contributed by atoms with van der Waals surface area (Å²) < 4.78 is 5.37. The first-order valence-electron chi connectivity index (χ1n) is 7.08. The third kappa shape index (κ3) is 3.86. The van der Waals surface area contributed by atoms with Crippen molar-refractivity contribution < 1.29 is 4.74 Å². The molecule has 5 heteroatoms. The normalized spacial score (nSPS) is 15.0. The van der Waals surface area contributed by atoms with Crippen LogP contribution in [0.2, 0.25) is 5.15 Å². The zero-order valence-corrected chi connectivity index (χ0v) is 12.5. The Kier molecular flexibility index (Phi) is 4.58. The molecule has 0 saturated carbocycles. The molecular formula is C16H18ClN3O. The summed E-state index contributed by atoms with van der Waals surface area (Å²) in [5.41, 5.74) is 3.47. The van der Waals surface area contributed by atoms with Crippen LogP contribution in [-0.2, 0) is 11.3 Å². The van der Waals surface area contributed by atoms with E-state index < -0.39 is 0 Å². The van der Waals surface area contributed by atoms with Gasteiger partial charge in [-0.3, -0.25) is 0 Å². The minimum atomic E-state index is 0.510. The van der Waals surface area contributed by atoms with Gasteiger partial charge in [-0.2, -0.15) is 0 Å². The van der Waals surface area contributed by atoms with Gasteiger partial charge in [0.05, 0.1) is 25.1 Å². The quantitative estimate of drug-likeness (QED) is 0.880. The minimum Gasteiger partial charge on any atom is -0.380 e. The van der Waals surface area contributed by atoms with E-state index in [1.54, 1.807) is 12.3 Å². The second-order valence-electron chi connectivity index (χ2n) is 4.99. The Balaban J connectivity index is 1.57. The van der Waals surface area contributed by atoms with Crippen molar-refractivity contribution in [2.75, 3.05) is 36.5 Å². The smallest absolute Gasteiger partial charge is 0.129 e. The molecule has 0 atom stereocenters. The molecule has 2 aromatic rings. The van der Waals surface area contributed by atoms with Crippen LogP contribution < -0.4 is 10.2 Å². The number of hydrogen-bond acceptors (Lipinski definition) is 4. The first kappa shape index (κ1) is 14.2. The minimum absolute atomic E-state index is 0.510. The van der Waals surface area contributed by atoms with Crippen LogP contribution in [0.15, 0.2) is 42.6 Å². The maximum atomic E-state index is 5.77. The largest absolute Gasteiger partial charge is 0.380 e. The molecule has 0 radical (unpaired) electrons. The average Bonchev–Trinajstić information content (AvgIpc) is 2.56. The lowest BCUT2D eigenvalue weighted by molar-refractivity contribution is 0.122. The van der Waals surface area contributed by atoms with Crippen molar-refractivity contribution in [3.05, 3.63) is 53.3 Å². The number of rotatable bonds is 4. The van der Waals surface area contributed by atoms with Crippen LogP contribution in [0.1, 0.15) is 5.56 Å². The lowest BCUT2D eigenvalue weighted by Gasteiger charge is -2.28. The van der Waals surface area contributed by atoms with E-state index in [-0.39, 0.29) is 0 Å². The fourth-order valence-electron chi connectivity index (χ4n) is 2.33. The molecule has 1 N–H and O–H groups in total. The van der Waals surface area contributed by atoms with E-state index in [1.807, 2.05) is 6.07 Å². The van der Waals surface area contributed by atoms with Crippen LogP contribution in [0.25, 0.3) is 0 Å². The van der Waals surface area contributed by atoms with Crippen molar-refractivity contribution >= 4 is 23.0 Å². The Morgan fingerprint density at radius 2 is 1.86 bits per heavy atom. The van der Waals surface area contributed by atoms with Gasteiger partial charge in [0.15, 0.2) is 0 Å². The number of nitrogens with one attached hydrogen (secondary N) is 1. The highest BCUT2D eigenvalue weighted by atomic mass is 35.5. The van der Waals surface area contributed by atoms with Gasteiger partial charge < -0.3 is 15.0 Å². The number of pyridine rings is 1. The van der Waals surface area contributed by atoms with Crippen molar-refractivity contribution in [3.63, 3.8) is 0 Å². The first-order valence-corrected chi connectivity index (χ1v) is 7.46. The Bertz CT molecular complexity index is 565. The molecule has 110 valence electrons. The Hall–Kier alpha value is -1.78. The highest BCUT2D eigenvalue weighted by Crippen LogP contribution is 2.17. The van der Waals surface area contributed by atoms with Crippen LogP contribution in [0.4, 0.5) is 11.4 Å². The summed E-state index contributed by atoms with van der Waals surface area (Å²) in [4.78, 5) is 6.40. The standard InChI is InChI=1S/C16H18ClN3O/c17-16-6-3-14(12-19-16)18-11-13-1-4-15(5-2-13)20-7-9-21-10-8-20/h1-6,12,18H,7-11H2. The molecule has 21 heavy (non-hydrogen) atoms. The van der Waals surface area contributed by atoms with Crippen LogP contribution in [0.5, 0.6) is 0 Å². The second-order valence-corrected chi connectivity index (χ2v) is 5.38. The summed E-state index contributed by atoms with van der Waals surface area (Å²) in [5, 5.41) is 3.84. The molecule has 4 nitrogen and oxygen atoms in total. The third-order valence-corrected chi connectivity index (χ3v) is 3.76. The number of benzene rings is 1. The van der Waals surface area contributed by atoms with Crippen molar-refractivity contribution in [1.29, 1.82) is 0 Å². The fourth-order valence-corrected chi connectivity index (χ4v) is 2.44. The molecule has 2 heterocycles. The van der Waals surface area contributed by atoms with Gasteiger partial charge >= 0.3 is 0 Å². The molecule has 0 spiro atoms. The lowest BCUT2D eigenvalue weighted by atomic mass is 10.2. The molecular weight excluding hydrogens is 286 g/mol. The van der Waals surface area contributed by atoms with E-state index in [0.717, 1.165) is 38.5 Å². The predicted molar refractivity (Wildman–Crippen MR) is 86.0 cm³/mol. The first-order chi connectivity index (χ1) is 10.3. The molecule has 1 aliphatic rings. The number of morpholine rings is 1. The summed E-state index contributed by atoms with van der Waals surface area (Å²) in [6.45, 7) is 4.33. The number of ether oxygens (including phenoxy) is 1. The van der Waals surface area contributed by atoms with E-state index in [2.05, 4.69) is 39.5 Å². The van der Waals surface area contributed by atoms with Gasteiger partial charge in [-0.25, -0.2) is 4.98 Å². The number of hydrogen-bond donors (Lipinski definition) is 1. The third-order valence-electron chi connectivity index (χ3n) is 3.54. The molecule has 1 aromatic heterocycles. The number of aromatic nitrogens is 1. The zero-order chi connectivity index (χ0) is 14.5. The van der Waals surface area contributed by atoms with Gasteiger partial charge in [-0.15, -0.1) is 0 Å². The monoisotopic (exact) mass is 303 g/mol. The summed E-state index contributed by atoms with van der Waals surface area (Å²) in [7, 11) is 0. The fraction of sp³-hybridized carbons (Fsp3) is 0.312. The van der Waals surface area contributed by atoms with Crippen molar-refractivity contribution in [3.8, 4) is 0 Å². The van der Waals surface area contributed by atoms with Crippen molar-refractivity contribution in [2.45, 2.75) is 6.54 Å². The Morgan fingerprint density at radius 1 is 1.10 bits per heavy atom. The summed E-state index contributed by atoms with van der Waals surface area (Å²) >= 11 is 5.77. The van der Waals surface area contributed by atoms with Gasteiger partial charge in [-0.05, 0) is 29.8 Å². The summed E-state index contributed by atoms with van der Waals surface area (Å²) in [6.07, 6.45) is 1.74. The highest BCUT2D eigenvalue weighted by molar-refractivity contribution is 6.29. The van der Waals surface area contributed by atoms with Gasteiger partial charge in [-0.1, -0.05) is 23.7 Å². The highest BCUT2D eigenvalue weighted by Gasteiger charge is 2.10. The molecule has 1 aromatic carbocycles. The van der Waals surface area contributed by atoms with E-state index in [9.17, 15) is 0 Å². The van der Waals surface area contributed by atoms with E-state index in [1.165, 1.54) is 11.3 Å². The van der Waals surface area contributed by atoms with Crippen LogP contribution in [0.3, 0.4) is 0 Å². The van der Waals surface area contributed by atoms with Gasteiger partial charge in [0.2, 0.25) is 0 Å². The molecule has 1 fully saturated rings. The van der Waals surface area contributed by atoms with Crippen molar-refractivity contribution in [2.24, 2.45) is 0 Å². The number of nitrogens with zero attached hydrogens (tertiary/aromatic N) is 2.